The number of anilines is 1. The number of nitrogens with zero attached hydrogens (tertiary/aromatic N) is 1. The van der Waals surface area contributed by atoms with E-state index in [-0.39, 0.29) is 41.4 Å². The molecule has 0 aliphatic carbocycles. The topological polar surface area (TPSA) is 134 Å². The maximum atomic E-state index is 13.6. The molecule has 1 spiro atoms. The Balaban J connectivity index is 2.47. The third-order valence-corrected chi connectivity index (χ3v) is 5.41. The first kappa shape index (κ1) is 23.6. The van der Waals surface area contributed by atoms with Gasteiger partial charge >= 0.3 is 23.9 Å². The lowest BCUT2D eigenvalue weighted by atomic mass is 9.66. The van der Waals surface area contributed by atoms with Crippen molar-refractivity contribution in [3.05, 3.63) is 65.2 Å². The van der Waals surface area contributed by atoms with Gasteiger partial charge in [0.25, 0.3) is 0 Å². The molecule has 1 aromatic carbocycles. The van der Waals surface area contributed by atoms with E-state index in [2.05, 4.69) is 11.3 Å². The van der Waals surface area contributed by atoms with E-state index in [4.69, 9.17) is 19.9 Å². The molecule has 33 heavy (non-hydrogen) atoms. The molecule has 174 valence electrons. The fraction of sp³-hybridized carbons (Fsp3) is 0.304. The molecule has 10 heteroatoms. The number of rotatable bonds is 7. The Kier molecular flexibility index (Phi) is 6.57. The van der Waals surface area contributed by atoms with Gasteiger partial charge in [0.2, 0.25) is 0 Å². The van der Waals surface area contributed by atoms with E-state index < -0.39 is 35.7 Å². The zero-order chi connectivity index (χ0) is 24.3. The van der Waals surface area contributed by atoms with Crippen molar-refractivity contribution in [1.82, 2.24) is 0 Å². The summed E-state index contributed by atoms with van der Waals surface area (Å²) in [5, 5.41) is 0. The van der Waals surface area contributed by atoms with E-state index in [9.17, 15) is 19.2 Å². The zero-order valence-electron chi connectivity index (χ0n) is 18.5. The molecule has 2 aliphatic heterocycles. The summed E-state index contributed by atoms with van der Waals surface area (Å²) in [6, 6.07) is 6.60. The van der Waals surface area contributed by atoms with Crippen molar-refractivity contribution in [3.63, 3.8) is 0 Å². The summed E-state index contributed by atoms with van der Waals surface area (Å²) in [6.07, 6.45) is 1.03. The van der Waals surface area contributed by atoms with Crippen molar-refractivity contribution in [2.45, 2.75) is 18.8 Å². The Morgan fingerprint density at radius 1 is 1.15 bits per heavy atom. The molecule has 1 aromatic rings. The number of hydrogen-bond donors (Lipinski definition) is 1. The van der Waals surface area contributed by atoms with Gasteiger partial charge in [0, 0.05) is 17.8 Å². The monoisotopic (exact) mass is 456 g/mol. The lowest BCUT2D eigenvalue weighted by Gasteiger charge is -2.40. The first-order valence-electron chi connectivity index (χ1n) is 10.1. The maximum absolute atomic E-state index is 13.6. The number of methoxy groups -OCH3 is 2. The second-order valence-corrected chi connectivity index (χ2v) is 7.08. The molecule has 10 nitrogen and oxygen atoms in total. The van der Waals surface area contributed by atoms with Gasteiger partial charge in [-0.25, -0.2) is 14.4 Å². The highest BCUT2D eigenvalue weighted by atomic mass is 16.6. The number of cyclic esters (lactones) is 1. The molecule has 3 rings (SSSR count). The number of para-hydroxylation sites is 1. The molecule has 0 bridgehead atoms. The van der Waals surface area contributed by atoms with Gasteiger partial charge in [-0.1, -0.05) is 24.3 Å². The van der Waals surface area contributed by atoms with Crippen LogP contribution in [0.2, 0.25) is 0 Å². The number of esters is 4. The highest BCUT2D eigenvalue weighted by Gasteiger charge is 2.64. The van der Waals surface area contributed by atoms with Crippen LogP contribution in [0.25, 0.3) is 0 Å². The van der Waals surface area contributed by atoms with Crippen LogP contribution in [0.5, 0.6) is 0 Å². The molecule has 0 fully saturated rings. The molecule has 0 unspecified atom stereocenters. The van der Waals surface area contributed by atoms with Gasteiger partial charge in [0.1, 0.15) is 29.1 Å². The van der Waals surface area contributed by atoms with Gasteiger partial charge in [-0.15, -0.1) is 6.58 Å². The minimum atomic E-state index is -2.11. The van der Waals surface area contributed by atoms with Crippen molar-refractivity contribution in [2.75, 3.05) is 32.3 Å². The largest absolute Gasteiger partial charge is 0.469 e. The molecule has 0 radical (unpaired) electrons. The summed E-state index contributed by atoms with van der Waals surface area (Å²) in [5.41, 5.74) is 4.37. The number of benzene rings is 1. The fourth-order valence-corrected chi connectivity index (χ4v) is 4.12. The minimum absolute atomic E-state index is 0.0177. The SMILES string of the molecule is C=CCN1C(N)=C(C(=O)OCC)[C@@]2(C(=O)OC(CC(=O)OC)=C2C(=O)OC)c2ccccc21. The van der Waals surface area contributed by atoms with Crippen LogP contribution in [0.15, 0.2) is 59.6 Å². The highest BCUT2D eigenvalue weighted by molar-refractivity contribution is 6.16. The molecular weight excluding hydrogens is 432 g/mol. The van der Waals surface area contributed by atoms with E-state index in [1.807, 2.05) is 0 Å². The number of carbonyl (C=O) groups excluding carboxylic acids is 4. The summed E-state index contributed by atoms with van der Waals surface area (Å²) < 4.78 is 20.3. The van der Waals surface area contributed by atoms with E-state index in [0.29, 0.717) is 5.69 Å². The third kappa shape index (κ3) is 3.53. The average molecular weight is 456 g/mol. The molecule has 2 heterocycles. The molecule has 0 saturated heterocycles. The molecule has 0 aromatic heterocycles. The first-order chi connectivity index (χ1) is 15.8. The second-order valence-electron chi connectivity index (χ2n) is 7.08. The molecule has 2 aliphatic rings. The van der Waals surface area contributed by atoms with Crippen LogP contribution >= 0.6 is 0 Å². The first-order valence-corrected chi connectivity index (χ1v) is 10.1. The van der Waals surface area contributed by atoms with Crippen LogP contribution in [0.3, 0.4) is 0 Å². The van der Waals surface area contributed by atoms with Crippen LogP contribution in [-0.4, -0.2) is 51.2 Å². The Morgan fingerprint density at radius 3 is 2.45 bits per heavy atom. The van der Waals surface area contributed by atoms with Crippen LogP contribution in [-0.2, 0) is 43.5 Å². The lowest BCUT2D eigenvalue weighted by molar-refractivity contribution is -0.147. The fourth-order valence-electron chi connectivity index (χ4n) is 4.12. The number of carbonyl (C=O) groups is 4. The van der Waals surface area contributed by atoms with Crippen LogP contribution in [0.4, 0.5) is 5.69 Å². The summed E-state index contributed by atoms with van der Waals surface area (Å²) in [5.74, 6) is -4.05. The van der Waals surface area contributed by atoms with E-state index in [1.165, 1.54) is 0 Å². The predicted octanol–water partition coefficient (Wildman–Crippen LogP) is 1.21. The molecular formula is C23H24N2O8. The number of fused-ring (bicyclic) bond motifs is 2. The zero-order valence-corrected chi connectivity index (χ0v) is 18.5. The molecule has 0 amide bonds. The van der Waals surface area contributed by atoms with Crippen molar-refractivity contribution in [1.29, 1.82) is 0 Å². The summed E-state index contributed by atoms with van der Waals surface area (Å²) in [6.45, 7) is 5.49. The van der Waals surface area contributed by atoms with Gasteiger partial charge in [-0.2, -0.15) is 0 Å². The standard InChI is InChI=1S/C23H24N2O8/c1-5-11-25-14-10-8-7-9-13(14)23(18(19(25)24)21(28)32-6-2)17(20(27)31-4)15(33-22(23)29)12-16(26)30-3/h5,7-10H,1,6,11-12,24H2,2-4H3/t23-/m1/s1. The average Bonchev–Trinajstić information content (AvgIpc) is 3.08. The lowest BCUT2D eigenvalue weighted by Crippen LogP contribution is -2.50. The molecule has 0 saturated carbocycles. The van der Waals surface area contributed by atoms with Gasteiger partial charge in [-0.05, 0) is 13.0 Å². The Hall–Kier alpha value is -4.08. The smallest absolute Gasteiger partial charge is 0.339 e. The van der Waals surface area contributed by atoms with Gasteiger partial charge < -0.3 is 29.6 Å². The summed E-state index contributed by atoms with van der Waals surface area (Å²) in [4.78, 5) is 53.5. The Labute approximate surface area is 190 Å². The second kappa shape index (κ2) is 9.19. The van der Waals surface area contributed by atoms with Crippen molar-refractivity contribution in [2.24, 2.45) is 5.73 Å². The van der Waals surface area contributed by atoms with Gasteiger partial charge in [0.15, 0.2) is 5.41 Å². The number of hydrogen-bond acceptors (Lipinski definition) is 10. The quantitative estimate of drug-likeness (QED) is 0.362. The van der Waals surface area contributed by atoms with Crippen LogP contribution in [0.1, 0.15) is 18.9 Å². The molecule has 1 atom stereocenters. The van der Waals surface area contributed by atoms with E-state index >= 15 is 0 Å². The third-order valence-electron chi connectivity index (χ3n) is 5.41. The predicted molar refractivity (Wildman–Crippen MR) is 115 cm³/mol. The van der Waals surface area contributed by atoms with Crippen molar-refractivity contribution in [3.8, 4) is 0 Å². The summed E-state index contributed by atoms with van der Waals surface area (Å²) in [7, 11) is 2.26. The summed E-state index contributed by atoms with van der Waals surface area (Å²) >= 11 is 0. The van der Waals surface area contributed by atoms with Gasteiger partial charge in [0.05, 0.1) is 20.8 Å². The maximum Gasteiger partial charge on any atom is 0.339 e. The van der Waals surface area contributed by atoms with Crippen LogP contribution in [0, 0.1) is 0 Å². The van der Waals surface area contributed by atoms with Gasteiger partial charge in [-0.3, -0.25) is 4.79 Å². The van der Waals surface area contributed by atoms with Crippen LogP contribution < -0.4 is 10.6 Å². The van der Waals surface area contributed by atoms with Crippen molar-refractivity contribution >= 4 is 29.6 Å². The number of ether oxygens (including phenoxy) is 4. The normalized spacial score (nSPS) is 19.2. The van der Waals surface area contributed by atoms with E-state index in [1.54, 1.807) is 42.2 Å². The molecule has 2 N–H and O–H groups in total. The Bertz CT molecular complexity index is 1100. The van der Waals surface area contributed by atoms with Crippen molar-refractivity contribution < 1.29 is 38.1 Å². The highest BCUT2D eigenvalue weighted by Crippen LogP contribution is 2.54. The Morgan fingerprint density at radius 2 is 1.85 bits per heavy atom. The van der Waals surface area contributed by atoms with E-state index in [0.717, 1.165) is 14.2 Å². The number of nitrogens with two attached hydrogens (primary N) is 1. The minimum Gasteiger partial charge on any atom is -0.469 e.